The molecule has 3 N–H and O–H groups in total. The summed E-state index contributed by atoms with van der Waals surface area (Å²) in [6, 6.07) is 2.17. The molecule has 0 saturated heterocycles. The van der Waals surface area contributed by atoms with Gasteiger partial charge in [-0.3, -0.25) is 0 Å². The van der Waals surface area contributed by atoms with Crippen molar-refractivity contribution in [3.8, 4) is 0 Å². The van der Waals surface area contributed by atoms with Gasteiger partial charge in [0.2, 0.25) is 10.0 Å². The molecule has 1 aromatic rings. The molecule has 1 aliphatic carbocycles. The molecular weight excluding hydrogens is 359 g/mol. The Hall–Kier alpha value is -0.660. The lowest BCUT2D eigenvalue weighted by Gasteiger charge is -2.17. The molecule has 0 spiro atoms. The number of anilines is 1. The third-order valence-electron chi connectivity index (χ3n) is 3.92. The summed E-state index contributed by atoms with van der Waals surface area (Å²) >= 11 is 3.09. The molecule has 2 rings (SSSR count). The van der Waals surface area contributed by atoms with E-state index in [1.807, 2.05) is 0 Å². The quantitative estimate of drug-likeness (QED) is 0.625. The number of hydrogen-bond acceptors (Lipinski definition) is 3. The topological polar surface area (TPSA) is 72.2 Å². The predicted molar refractivity (Wildman–Crippen MR) is 84.9 cm³/mol. The Morgan fingerprint density at radius 2 is 2.00 bits per heavy atom. The third kappa shape index (κ3) is 4.17. The van der Waals surface area contributed by atoms with Gasteiger partial charge in [-0.2, -0.15) is 0 Å². The van der Waals surface area contributed by atoms with Gasteiger partial charge in [-0.1, -0.05) is 19.8 Å². The molecule has 1 fully saturated rings. The van der Waals surface area contributed by atoms with Crippen molar-refractivity contribution < 1.29 is 12.8 Å². The molecule has 118 valence electrons. The summed E-state index contributed by atoms with van der Waals surface area (Å²) in [7, 11) is -3.71. The van der Waals surface area contributed by atoms with Crippen LogP contribution < -0.4 is 10.5 Å². The van der Waals surface area contributed by atoms with E-state index in [1.165, 1.54) is 0 Å². The summed E-state index contributed by atoms with van der Waals surface area (Å²) in [5, 5.41) is 0. The van der Waals surface area contributed by atoms with E-state index in [4.69, 9.17) is 5.73 Å². The van der Waals surface area contributed by atoms with Crippen LogP contribution in [0.2, 0.25) is 0 Å². The fraction of sp³-hybridized carbons (Fsp3) is 0.571. The van der Waals surface area contributed by atoms with Crippen LogP contribution in [-0.2, 0) is 10.0 Å². The van der Waals surface area contributed by atoms with Crippen LogP contribution in [0, 0.1) is 11.7 Å². The maximum absolute atomic E-state index is 13.3. The molecule has 0 bridgehead atoms. The van der Waals surface area contributed by atoms with Crippen molar-refractivity contribution in [3.05, 3.63) is 22.4 Å². The van der Waals surface area contributed by atoms with Crippen molar-refractivity contribution in [1.82, 2.24) is 4.72 Å². The van der Waals surface area contributed by atoms with Crippen molar-refractivity contribution in [3.63, 3.8) is 0 Å². The third-order valence-corrected chi connectivity index (χ3v) is 6.40. The zero-order valence-corrected chi connectivity index (χ0v) is 14.3. The fourth-order valence-electron chi connectivity index (χ4n) is 2.64. The minimum atomic E-state index is -3.71. The van der Waals surface area contributed by atoms with Crippen LogP contribution >= 0.6 is 15.9 Å². The van der Waals surface area contributed by atoms with Crippen molar-refractivity contribution in [2.24, 2.45) is 5.92 Å². The zero-order chi connectivity index (χ0) is 15.6. The summed E-state index contributed by atoms with van der Waals surface area (Å²) in [4.78, 5) is -0.0151. The van der Waals surface area contributed by atoms with E-state index in [0.29, 0.717) is 5.92 Å². The van der Waals surface area contributed by atoms with Gasteiger partial charge in [-0.25, -0.2) is 17.5 Å². The highest BCUT2D eigenvalue weighted by atomic mass is 79.9. The summed E-state index contributed by atoms with van der Waals surface area (Å²) in [5.74, 6) is -0.00294. The highest BCUT2D eigenvalue weighted by Gasteiger charge is 2.25. The van der Waals surface area contributed by atoms with Gasteiger partial charge >= 0.3 is 0 Å². The smallest absolute Gasteiger partial charge is 0.242 e. The first-order valence-corrected chi connectivity index (χ1v) is 9.34. The Bertz CT molecular complexity index is 622. The molecule has 0 aromatic heterocycles. The van der Waals surface area contributed by atoms with Crippen LogP contribution in [-0.4, -0.2) is 14.5 Å². The maximum Gasteiger partial charge on any atom is 0.242 e. The van der Waals surface area contributed by atoms with Crippen LogP contribution in [0.25, 0.3) is 0 Å². The summed E-state index contributed by atoms with van der Waals surface area (Å²) in [6.07, 6.45) is 4.82. The minimum absolute atomic E-state index is 0.0151. The Balaban J connectivity index is 2.20. The van der Waals surface area contributed by atoms with E-state index < -0.39 is 15.8 Å². The summed E-state index contributed by atoms with van der Waals surface area (Å²) in [5.41, 5.74) is 5.30. The SMILES string of the molecule is CC1CCCC(NS(=O)(=O)c2cc(N)c(F)cc2Br)CC1. The van der Waals surface area contributed by atoms with E-state index in [1.54, 1.807) is 0 Å². The van der Waals surface area contributed by atoms with Crippen molar-refractivity contribution >= 4 is 31.6 Å². The van der Waals surface area contributed by atoms with Crippen molar-refractivity contribution in [1.29, 1.82) is 0 Å². The van der Waals surface area contributed by atoms with Crippen LogP contribution in [0.3, 0.4) is 0 Å². The average Bonchev–Trinajstić information content (AvgIpc) is 2.58. The molecule has 1 aliphatic rings. The van der Waals surface area contributed by atoms with Gasteiger partial charge < -0.3 is 5.73 Å². The Kier molecular flexibility index (Phi) is 5.27. The van der Waals surface area contributed by atoms with Gasteiger partial charge in [0.1, 0.15) is 5.82 Å². The van der Waals surface area contributed by atoms with Crippen LogP contribution in [0.5, 0.6) is 0 Å². The van der Waals surface area contributed by atoms with Crippen molar-refractivity contribution in [2.45, 2.75) is 50.0 Å². The maximum atomic E-state index is 13.3. The first kappa shape index (κ1) is 16.7. The molecule has 2 atom stereocenters. The molecular formula is C14H20BrFN2O2S. The highest BCUT2D eigenvalue weighted by molar-refractivity contribution is 9.10. The highest BCUT2D eigenvalue weighted by Crippen LogP contribution is 2.28. The number of nitrogen functional groups attached to an aromatic ring is 1. The van der Waals surface area contributed by atoms with Gasteiger partial charge in [-0.15, -0.1) is 0 Å². The largest absolute Gasteiger partial charge is 0.396 e. The summed E-state index contributed by atoms with van der Waals surface area (Å²) < 4.78 is 41.2. The lowest BCUT2D eigenvalue weighted by Crippen LogP contribution is -2.34. The monoisotopic (exact) mass is 378 g/mol. The molecule has 1 saturated carbocycles. The number of nitrogens with one attached hydrogen (secondary N) is 1. The molecule has 0 radical (unpaired) electrons. The van der Waals surface area contributed by atoms with Gasteiger partial charge in [0, 0.05) is 10.5 Å². The van der Waals surface area contributed by atoms with E-state index in [-0.39, 0.29) is 21.1 Å². The molecule has 4 nitrogen and oxygen atoms in total. The molecule has 0 aliphatic heterocycles. The first-order valence-electron chi connectivity index (χ1n) is 7.06. The normalized spacial score (nSPS) is 23.8. The Morgan fingerprint density at radius 1 is 1.29 bits per heavy atom. The average molecular weight is 379 g/mol. The van der Waals surface area contributed by atoms with Gasteiger partial charge in [-0.05, 0) is 53.2 Å². The van der Waals surface area contributed by atoms with Crippen LogP contribution in [0.4, 0.5) is 10.1 Å². The minimum Gasteiger partial charge on any atom is -0.396 e. The Morgan fingerprint density at radius 3 is 2.71 bits per heavy atom. The van der Waals surface area contributed by atoms with E-state index >= 15 is 0 Å². The summed E-state index contributed by atoms with van der Waals surface area (Å²) in [6.45, 7) is 2.19. The van der Waals surface area contributed by atoms with Gasteiger partial charge in [0.15, 0.2) is 0 Å². The van der Waals surface area contributed by atoms with Crippen LogP contribution in [0.15, 0.2) is 21.5 Å². The van der Waals surface area contributed by atoms with E-state index in [9.17, 15) is 12.8 Å². The molecule has 1 aromatic carbocycles. The Labute approximate surface area is 133 Å². The van der Waals surface area contributed by atoms with Gasteiger partial charge in [0.25, 0.3) is 0 Å². The van der Waals surface area contributed by atoms with E-state index in [0.717, 1.165) is 44.2 Å². The standard InChI is InChI=1S/C14H20BrFN2O2S/c1-9-3-2-4-10(6-5-9)18-21(19,20)14-8-13(17)12(16)7-11(14)15/h7-10,18H,2-6,17H2,1H3. The number of sulfonamides is 1. The predicted octanol–water partition coefficient (Wildman–Crippen LogP) is 3.42. The van der Waals surface area contributed by atoms with Crippen LogP contribution in [0.1, 0.15) is 39.0 Å². The molecule has 7 heteroatoms. The lowest BCUT2D eigenvalue weighted by molar-refractivity contribution is 0.484. The second kappa shape index (κ2) is 6.62. The molecule has 0 amide bonds. The second-order valence-corrected chi connectivity index (χ2v) is 8.27. The number of halogens is 2. The number of benzene rings is 1. The lowest BCUT2D eigenvalue weighted by atomic mass is 10.0. The van der Waals surface area contributed by atoms with E-state index in [2.05, 4.69) is 27.6 Å². The fourth-order valence-corrected chi connectivity index (χ4v) is 4.99. The van der Waals surface area contributed by atoms with Gasteiger partial charge in [0.05, 0.1) is 10.6 Å². The first-order chi connectivity index (χ1) is 9.79. The second-order valence-electron chi connectivity index (χ2n) is 5.74. The molecule has 0 heterocycles. The number of hydrogen-bond donors (Lipinski definition) is 2. The van der Waals surface area contributed by atoms with Crippen molar-refractivity contribution in [2.75, 3.05) is 5.73 Å². The number of nitrogens with two attached hydrogens (primary N) is 1. The number of rotatable bonds is 3. The molecule has 21 heavy (non-hydrogen) atoms. The zero-order valence-electron chi connectivity index (χ0n) is 11.9. The molecule has 2 unspecified atom stereocenters.